The molecule has 1 unspecified atom stereocenters. The molecule has 0 aliphatic carbocycles. The van der Waals surface area contributed by atoms with Crippen molar-refractivity contribution in [2.24, 2.45) is 5.73 Å². The van der Waals surface area contributed by atoms with Crippen LogP contribution >= 0.6 is 11.3 Å². The zero-order chi connectivity index (χ0) is 15.9. The first kappa shape index (κ1) is 16.7. The Kier molecular flexibility index (Phi) is 6.18. The molecule has 2 aromatic rings. The number of carbonyl (C=O) groups excluding carboxylic acids is 1. The molecule has 5 nitrogen and oxygen atoms in total. The van der Waals surface area contributed by atoms with Crippen LogP contribution in [0.25, 0.3) is 0 Å². The molecule has 120 valence electrons. The maximum Gasteiger partial charge on any atom is 0.254 e. The number of carbonyl (C=O) groups is 1. The molecule has 0 fully saturated rings. The van der Waals surface area contributed by atoms with E-state index in [1.54, 1.807) is 17.4 Å². The fraction of sp³-hybridized carbons (Fsp3) is 0.438. The summed E-state index contributed by atoms with van der Waals surface area (Å²) < 4.78 is 5.21. The van der Waals surface area contributed by atoms with Gasteiger partial charge in [-0.3, -0.25) is 9.69 Å². The van der Waals surface area contributed by atoms with Crippen LogP contribution in [-0.2, 0) is 6.54 Å². The van der Waals surface area contributed by atoms with Gasteiger partial charge in [0.2, 0.25) is 0 Å². The molecule has 0 saturated heterocycles. The second-order valence-electron chi connectivity index (χ2n) is 5.01. The average Bonchev–Trinajstić information content (AvgIpc) is 3.22. The number of rotatable bonds is 8. The van der Waals surface area contributed by atoms with Gasteiger partial charge in [-0.25, -0.2) is 0 Å². The first-order valence-corrected chi connectivity index (χ1v) is 8.45. The molecule has 22 heavy (non-hydrogen) atoms. The molecule has 0 bridgehead atoms. The van der Waals surface area contributed by atoms with Gasteiger partial charge in [0.15, 0.2) is 0 Å². The van der Waals surface area contributed by atoms with Gasteiger partial charge in [0.1, 0.15) is 12.0 Å². The smallest absolute Gasteiger partial charge is 0.254 e. The number of likely N-dealkylation sites (N-methyl/N-ethyl adjacent to an activating group) is 1. The molecule has 0 aromatic carbocycles. The van der Waals surface area contributed by atoms with Crippen molar-refractivity contribution in [1.29, 1.82) is 0 Å². The van der Waals surface area contributed by atoms with Gasteiger partial charge in [-0.15, -0.1) is 0 Å². The molecule has 3 N–H and O–H groups in total. The van der Waals surface area contributed by atoms with Crippen LogP contribution in [0.1, 0.15) is 41.6 Å². The standard InChI is InChI=1S/C16H23N3O2S/c1-3-19(4-2)15(12-5-6-22-11-12)9-18-16(20)13-7-14(8-17)21-10-13/h5-7,10-11,15H,3-4,8-9,17H2,1-2H3,(H,18,20). The molecule has 0 radical (unpaired) electrons. The third-order valence-electron chi connectivity index (χ3n) is 3.75. The lowest BCUT2D eigenvalue weighted by molar-refractivity contribution is 0.0934. The van der Waals surface area contributed by atoms with E-state index in [4.69, 9.17) is 10.2 Å². The summed E-state index contributed by atoms with van der Waals surface area (Å²) in [4.78, 5) is 14.6. The van der Waals surface area contributed by atoms with Crippen molar-refractivity contribution < 1.29 is 9.21 Å². The monoisotopic (exact) mass is 321 g/mol. The van der Waals surface area contributed by atoms with Crippen LogP contribution in [0.4, 0.5) is 0 Å². The normalized spacial score (nSPS) is 12.5. The topological polar surface area (TPSA) is 71.5 Å². The van der Waals surface area contributed by atoms with Gasteiger partial charge in [-0.05, 0) is 41.5 Å². The van der Waals surface area contributed by atoms with Crippen LogP contribution in [0.2, 0.25) is 0 Å². The molecule has 0 saturated carbocycles. The van der Waals surface area contributed by atoms with Gasteiger partial charge in [0, 0.05) is 6.54 Å². The maximum atomic E-state index is 12.2. The lowest BCUT2D eigenvalue weighted by Gasteiger charge is -2.29. The van der Waals surface area contributed by atoms with Crippen LogP contribution < -0.4 is 11.1 Å². The highest BCUT2D eigenvalue weighted by atomic mass is 32.1. The number of furan rings is 1. The van der Waals surface area contributed by atoms with Crippen LogP contribution in [0.3, 0.4) is 0 Å². The summed E-state index contributed by atoms with van der Waals surface area (Å²) in [5.74, 6) is 0.485. The van der Waals surface area contributed by atoms with E-state index in [-0.39, 0.29) is 11.9 Å². The lowest BCUT2D eigenvalue weighted by atomic mass is 10.1. The molecular formula is C16H23N3O2S. The summed E-state index contributed by atoms with van der Waals surface area (Å²) in [5, 5.41) is 7.20. The largest absolute Gasteiger partial charge is 0.467 e. The molecule has 0 aliphatic heterocycles. The van der Waals surface area contributed by atoms with Crippen molar-refractivity contribution in [2.45, 2.75) is 26.4 Å². The minimum atomic E-state index is -0.129. The summed E-state index contributed by atoms with van der Waals surface area (Å²) in [6, 6.07) is 3.99. The Morgan fingerprint density at radius 3 is 2.77 bits per heavy atom. The molecule has 0 aliphatic rings. The molecule has 0 spiro atoms. The van der Waals surface area contributed by atoms with E-state index >= 15 is 0 Å². The average molecular weight is 321 g/mol. The molecule has 1 amide bonds. The summed E-state index contributed by atoms with van der Waals surface area (Å²) in [6.07, 6.45) is 1.45. The van der Waals surface area contributed by atoms with E-state index in [1.165, 1.54) is 11.8 Å². The van der Waals surface area contributed by atoms with Crippen molar-refractivity contribution in [1.82, 2.24) is 10.2 Å². The number of hydrogen-bond acceptors (Lipinski definition) is 5. The quantitative estimate of drug-likeness (QED) is 0.784. The van der Waals surface area contributed by atoms with Gasteiger partial charge in [-0.1, -0.05) is 13.8 Å². The summed E-state index contributed by atoms with van der Waals surface area (Å²) in [7, 11) is 0. The van der Waals surface area contributed by atoms with Crippen molar-refractivity contribution >= 4 is 17.2 Å². The molecule has 2 heterocycles. The second-order valence-corrected chi connectivity index (χ2v) is 5.79. The maximum absolute atomic E-state index is 12.2. The van der Waals surface area contributed by atoms with Gasteiger partial charge < -0.3 is 15.5 Å². The van der Waals surface area contributed by atoms with Gasteiger partial charge in [0.05, 0.1) is 18.2 Å². The van der Waals surface area contributed by atoms with Crippen LogP contribution in [0.15, 0.2) is 33.6 Å². The fourth-order valence-electron chi connectivity index (χ4n) is 2.48. The Bertz CT molecular complexity index is 576. The summed E-state index contributed by atoms with van der Waals surface area (Å²) in [6.45, 7) is 7.01. The first-order chi connectivity index (χ1) is 10.7. The Hall–Kier alpha value is -1.63. The molecular weight excluding hydrogens is 298 g/mol. The number of nitrogens with two attached hydrogens (primary N) is 1. The second kappa shape index (κ2) is 8.12. The Morgan fingerprint density at radius 2 is 2.23 bits per heavy atom. The molecule has 2 rings (SSSR count). The van der Waals surface area contributed by atoms with E-state index in [2.05, 4.69) is 40.9 Å². The highest BCUT2D eigenvalue weighted by molar-refractivity contribution is 7.07. The number of nitrogens with zero attached hydrogens (tertiary/aromatic N) is 1. The van der Waals surface area contributed by atoms with Gasteiger partial charge in [0.25, 0.3) is 5.91 Å². The highest BCUT2D eigenvalue weighted by Crippen LogP contribution is 2.22. The number of amides is 1. The number of thiophene rings is 1. The molecule has 2 aromatic heterocycles. The summed E-state index contributed by atoms with van der Waals surface area (Å²) in [5.41, 5.74) is 7.25. The third-order valence-corrected chi connectivity index (χ3v) is 4.46. The van der Waals surface area contributed by atoms with Crippen molar-refractivity contribution in [3.8, 4) is 0 Å². The number of hydrogen-bond donors (Lipinski definition) is 2. The fourth-order valence-corrected chi connectivity index (χ4v) is 3.19. The van der Waals surface area contributed by atoms with Crippen LogP contribution in [0.5, 0.6) is 0 Å². The van der Waals surface area contributed by atoms with E-state index in [0.29, 0.717) is 24.4 Å². The number of nitrogens with one attached hydrogen (secondary N) is 1. The van der Waals surface area contributed by atoms with Crippen molar-refractivity contribution in [3.63, 3.8) is 0 Å². The van der Waals surface area contributed by atoms with E-state index in [9.17, 15) is 4.79 Å². The summed E-state index contributed by atoms with van der Waals surface area (Å²) >= 11 is 1.67. The van der Waals surface area contributed by atoms with E-state index in [1.807, 2.05) is 0 Å². The zero-order valence-corrected chi connectivity index (χ0v) is 13.9. The van der Waals surface area contributed by atoms with E-state index < -0.39 is 0 Å². The molecule has 6 heteroatoms. The molecule has 1 atom stereocenters. The SMILES string of the molecule is CCN(CC)C(CNC(=O)c1coc(CN)c1)c1ccsc1. The van der Waals surface area contributed by atoms with Gasteiger partial charge >= 0.3 is 0 Å². The third kappa shape index (κ3) is 3.97. The Morgan fingerprint density at radius 1 is 1.45 bits per heavy atom. The van der Waals surface area contributed by atoms with Crippen molar-refractivity contribution in [2.75, 3.05) is 19.6 Å². The Balaban J connectivity index is 2.03. The van der Waals surface area contributed by atoms with E-state index in [0.717, 1.165) is 13.1 Å². The minimum Gasteiger partial charge on any atom is -0.467 e. The van der Waals surface area contributed by atoms with Crippen LogP contribution in [0, 0.1) is 0 Å². The van der Waals surface area contributed by atoms with Crippen LogP contribution in [-0.4, -0.2) is 30.4 Å². The zero-order valence-electron chi connectivity index (χ0n) is 13.0. The predicted molar refractivity (Wildman–Crippen MR) is 88.9 cm³/mol. The van der Waals surface area contributed by atoms with Gasteiger partial charge in [-0.2, -0.15) is 11.3 Å². The highest BCUT2D eigenvalue weighted by Gasteiger charge is 2.20. The lowest BCUT2D eigenvalue weighted by Crippen LogP contribution is -2.37. The Labute approximate surface area is 135 Å². The van der Waals surface area contributed by atoms with Crippen molar-refractivity contribution in [3.05, 3.63) is 46.0 Å². The predicted octanol–water partition coefficient (Wildman–Crippen LogP) is 2.61. The minimum absolute atomic E-state index is 0.129. The first-order valence-electron chi connectivity index (χ1n) is 7.51.